The van der Waals surface area contributed by atoms with Crippen LogP contribution in [0, 0.1) is 12.7 Å². The number of halogens is 1. The van der Waals surface area contributed by atoms with Gasteiger partial charge in [-0.05, 0) is 30.7 Å². The summed E-state index contributed by atoms with van der Waals surface area (Å²) in [5, 5.41) is 4.07. The fourth-order valence-corrected chi connectivity index (χ4v) is 1.70. The van der Waals surface area contributed by atoms with E-state index in [4.69, 9.17) is 5.73 Å². The summed E-state index contributed by atoms with van der Waals surface area (Å²) < 4.78 is 14.9. The monoisotopic (exact) mass is 247 g/mol. The zero-order valence-corrected chi connectivity index (χ0v) is 10.1. The van der Waals surface area contributed by atoms with Crippen LogP contribution >= 0.6 is 0 Å². The van der Waals surface area contributed by atoms with Gasteiger partial charge in [-0.2, -0.15) is 5.10 Å². The first-order valence-electron chi connectivity index (χ1n) is 5.62. The van der Waals surface area contributed by atoms with Crippen LogP contribution < -0.4 is 11.3 Å². The summed E-state index contributed by atoms with van der Waals surface area (Å²) in [5.41, 5.74) is 7.21. The Bertz CT molecular complexity index is 622. The topological polar surface area (TPSA) is 60.9 Å². The van der Waals surface area contributed by atoms with Crippen LogP contribution in [0.1, 0.15) is 16.8 Å². The van der Waals surface area contributed by atoms with E-state index in [1.807, 2.05) is 0 Å². The van der Waals surface area contributed by atoms with Crippen molar-refractivity contribution in [3.8, 4) is 0 Å². The van der Waals surface area contributed by atoms with Crippen LogP contribution in [0.4, 0.5) is 4.39 Å². The third-order valence-electron chi connectivity index (χ3n) is 2.67. The Kier molecular flexibility index (Phi) is 3.53. The van der Waals surface area contributed by atoms with E-state index in [0.29, 0.717) is 17.8 Å². The number of nitrogens with two attached hydrogens (primary N) is 1. The van der Waals surface area contributed by atoms with Crippen molar-refractivity contribution in [1.29, 1.82) is 0 Å². The van der Waals surface area contributed by atoms with Gasteiger partial charge in [0.05, 0.1) is 12.2 Å². The van der Waals surface area contributed by atoms with Crippen LogP contribution in [0.5, 0.6) is 0 Å². The predicted octanol–water partition coefficient (Wildman–Crippen LogP) is 1.20. The zero-order chi connectivity index (χ0) is 13.1. The Balaban J connectivity index is 2.39. The fraction of sp³-hybridized carbons (Fsp3) is 0.231. The smallest absolute Gasteiger partial charge is 0.267 e. The van der Waals surface area contributed by atoms with Crippen molar-refractivity contribution in [3.63, 3.8) is 0 Å². The van der Waals surface area contributed by atoms with E-state index in [0.717, 1.165) is 5.56 Å². The van der Waals surface area contributed by atoms with Crippen LogP contribution in [-0.4, -0.2) is 9.78 Å². The zero-order valence-electron chi connectivity index (χ0n) is 10.1. The average Bonchev–Trinajstić information content (AvgIpc) is 2.36. The number of nitrogens with zero attached hydrogens (tertiary/aromatic N) is 2. The van der Waals surface area contributed by atoms with Gasteiger partial charge in [-0.25, -0.2) is 9.07 Å². The molecule has 0 fully saturated rings. The molecule has 0 atom stereocenters. The van der Waals surface area contributed by atoms with Crippen molar-refractivity contribution in [2.24, 2.45) is 5.73 Å². The van der Waals surface area contributed by atoms with Crippen LogP contribution in [-0.2, 0) is 13.1 Å². The largest absolute Gasteiger partial charge is 0.326 e. The maximum absolute atomic E-state index is 13.6. The lowest BCUT2D eigenvalue weighted by Gasteiger charge is -2.08. The number of aryl methyl sites for hydroxylation is 1. The Morgan fingerprint density at radius 1 is 1.33 bits per heavy atom. The molecule has 0 spiro atoms. The van der Waals surface area contributed by atoms with Gasteiger partial charge < -0.3 is 5.73 Å². The number of benzene rings is 1. The molecule has 0 radical (unpaired) electrons. The van der Waals surface area contributed by atoms with E-state index in [1.165, 1.54) is 16.8 Å². The first-order valence-corrected chi connectivity index (χ1v) is 5.62. The molecule has 0 saturated carbocycles. The first kappa shape index (κ1) is 12.4. The van der Waals surface area contributed by atoms with Crippen molar-refractivity contribution < 1.29 is 4.39 Å². The lowest BCUT2D eigenvalue weighted by atomic mass is 10.1. The predicted molar refractivity (Wildman–Crippen MR) is 66.6 cm³/mol. The summed E-state index contributed by atoms with van der Waals surface area (Å²) in [6.07, 6.45) is 0. The summed E-state index contributed by atoms with van der Waals surface area (Å²) in [4.78, 5) is 11.6. The van der Waals surface area contributed by atoms with Crippen molar-refractivity contribution in [3.05, 3.63) is 63.3 Å². The molecule has 0 aliphatic rings. The van der Waals surface area contributed by atoms with Gasteiger partial charge in [0.25, 0.3) is 5.56 Å². The van der Waals surface area contributed by atoms with E-state index < -0.39 is 0 Å². The van der Waals surface area contributed by atoms with Crippen molar-refractivity contribution >= 4 is 0 Å². The van der Waals surface area contributed by atoms with E-state index in [-0.39, 0.29) is 17.9 Å². The Morgan fingerprint density at radius 3 is 2.83 bits per heavy atom. The molecule has 0 unspecified atom stereocenters. The maximum atomic E-state index is 13.6. The molecule has 0 bridgehead atoms. The molecule has 0 aliphatic heterocycles. The van der Waals surface area contributed by atoms with Crippen LogP contribution in [0.2, 0.25) is 0 Å². The summed E-state index contributed by atoms with van der Waals surface area (Å²) in [6.45, 7) is 2.23. The average molecular weight is 247 g/mol. The number of aromatic nitrogens is 2. The van der Waals surface area contributed by atoms with Gasteiger partial charge in [0.15, 0.2) is 0 Å². The highest BCUT2D eigenvalue weighted by atomic mass is 19.1. The minimum absolute atomic E-state index is 0.111. The van der Waals surface area contributed by atoms with Crippen LogP contribution in [0.25, 0.3) is 0 Å². The van der Waals surface area contributed by atoms with Crippen LogP contribution in [0.15, 0.2) is 35.1 Å². The molecule has 2 N–H and O–H groups in total. The molecule has 1 aromatic carbocycles. The van der Waals surface area contributed by atoms with Gasteiger partial charge in [-0.3, -0.25) is 4.79 Å². The lowest BCUT2D eigenvalue weighted by molar-refractivity contribution is 0.567. The highest BCUT2D eigenvalue weighted by Gasteiger charge is 2.06. The molecule has 0 saturated heterocycles. The van der Waals surface area contributed by atoms with Gasteiger partial charge in [0, 0.05) is 18.2 Å². The minimum Gasteiger partial charge on any atom is -0.326 e. The molecular weight excluding hydrogens is 233 g/mol. The summed E-state index contributed by atoms with van der Waals surface area (Å²) >= 11 is 0. The number of rotatable bonds is 3. The molecule has 0 amide bonds. The summed E-state index contributed by atoms with van der Waals surface area (Å²) in [5.74, 6) is -0.359. The second-order valence-corrected chi connectivity index (χ2v) is 4.10. The SMILES string of the molecule is Cc1ccc(=O)n(Cc2cc(CN)ccc2F)n1. The highest BCUT2D eigenvalue weighted by molar-refractivity contribution is 5.25. The quantitative estimate of drug-likeness (QED) is 0.886. The molecule has 0 aliphatic carbocycles. The number of hydrogen-bond acceptors (Lipinski definition) is 3. The molecule has 4 nitrogen and oxygen atoms in total. The van der Waals surface area contributed by atoms with E-state index >= 15 is 0 Å². The first-order chi connectivity index (χ1) is 8.60. The molecule has 1 aromatic heterocycles. The molecule has 18 heavy (non-hydrogen) atoms. The third-order valence-corrected chi connectivity index (χ3v) is 2.67. The molecular formula is C13H14FN3O. The highest BCUT2D eigenvalue weighted by Crippen LogP contribution is 2.11. The second-order valence-electron chi connectivity index (χ2n) is 4.10. The Morgan fingerprint density at radius 2 is 2.11 bits per heavy atom. The molecule has 2 aromatic rings. The van der Waals surface area contributed by atoms with E-state index in [9.17, 15) is 9.18 Å². The number of hydrogen-bond donors (Lipinski definition) is 1. The van der Waals surface area contributed by atoms with Crippen molar-refractivity contribution in [1.82, 2.24) is 9.78 Å². The molecule has 1 heterocycles. The van der Waals surface area contributed by atoms with Gasteiger partial charge in [-0.1, -0.05) is 6.07 Å². The van der Waals surface area contributed by atoms with Gasteiger partial charge in [-0.15, -0.1) is 0 Å². The third kappa shape index (κ3) is 2.62. The molecule has 94 valence electrons. The minimum atomic E-state index is -0.359. The fourth-order valence-electron chi connectivity index (χ4n) is 1.70. The Hall–Kier alpha value is -2.01. The van der Waals surface area contributed by atoms with Gasteiger partial charge in [0.1, 0.15) is 5.82 Å². The van der Waals surface area contributed by atoms with E-state index in [1.54, 1.807) is 25.1 Å². The van der Waals surface area contributed by atoms with Crippen LogP contribution in [0.3, 0.4) is 0 Å². The normalized spacial score (nSPS) is 10.6. The molecule has 2 rings (SSSR count). The molecule has 5 heteroatoms. The van der Waals surface area contributed by atoms with Gasteiger partial charge in [0.2, 0.25) is 0 Å². The lowest BCUT2D eigenvalue weighted by Crippen LogP contribution is -2.23. The van der Waals surface area contributed by atoms with E-state index in [2.05, 4.69) is 5.10 Å². The standard InChI is InChI=1S/C13H14FN3O/c1-9-2-5-13(18)17(16-9)8-11-6-10(7-15)3-4-12(11)14/h2-6H,7-8,15H2,1H3. The van der Waals surface area contributed by atoms with Gasteiger partial charge >= 0.3 is 0 Å². The summed E-state index contributed by atoms with van der Waals surface area (Å²) in [6, 6.07) is 7.70. The maximum Gasteiger partial charge on any atom is 0.267 e. The summed E-state index contributed by atoms with van der Waals surface area (Å²) in [7, 11) is 0. The van der Waals surface area contributed by atoms with Crippen molar-refractivity contribution in [2.45, 2.75) is 20.0 Å². The van der Waals surface area contributed by atoms with Crippen molar-refractivity contribution in [2.75, 3.05) is 0 Å². The Labute approximate surface area is 104 Å². The second kappa shape index (κ2) is 5.10.